The molecule has 10 nitrogen and oxygen atoms in total. The first-order valence-corrected chi connectivity index (χ1v) is 16.1. The number of nitrogens with zero attached hydrogens (tertiary/aromatic N) is 6. The van der Waals surface area contributed by atoms with Gasteiger partial charge in [-0.2, -0.15) is 0 Å². The maximum atomic E-state index is 14.5. The number of halogens is 1. The summed E-state index contributed by atoms with van der Waals surface area (Å²) in [5.41, 5.74) is -0.452. The van der Waals surface area contributed by atoms with Gasteiger partial charge in [-0.3, -0.25) is 4.79 Å². The second-order valence-corrected chi connectivity index (χ2v) is 13.1. The van der Waals surface area contributed by atoms with Crippen molar-refractivity contribution in [2.24, 2.45) is 16.0 Å². The fourth-order valence-corrected chi connectivity index (χ4v) is 8.53. The van der Waals surface area contributed by atoms with Gasteiger partial charge in [0.2, 0.25) is 5.91 Å². The predicted molar refractivity (Wildman–Crippen MR) is 165 cm³/mol. The standard InChI is InChI=1S/C32H35BClN6O4/c33-36-35-25(19-21-5-1-2-7-24(21)34)28(41)39-17-4-14-32(39)15-12-23-10-11-26(40(23)31(32)44)29(42)38-18-13-20-8-9-22-6-3-16-37(22)30(43)27(20)38/h1-2,5,7-9,12,15,20,22-23,26-27H,3-4,6,10-11,13-14,16-19H2/b35-25-/t20-,22+,23-,26-,27-,32+/m0/s1. The van der Waals surface area contributed by atoms with Crippen molar-refractivity contribution < 1.29 is 19.2 Å². The number of hydrogen-bond acceptors (Lipinski definition) is 6. The van der Waals surface area contributed by atoms with Crippen LogP contribution in [-0.4, -0.2) is 106 Å². The van der Waals surface area contributed by atoms with Crippen molar-refractivity contribution in [2.45, 2.75) is 81.1 Å². The van der Waals surface area contributed by atoms with Crippen LogP contribution >= 0.6 is 11.6 Å². The normalized spacial score (nSPS) is 32.7. The summed E-state index contributed by atoms with van der Waals surface area (Å²) in [5.74, 6) is -0.849. The van der Waals surface area contributed by atoms with Gasteiger partial charge in [-0.05, 0) is 19.3 Å². The van der Waals surface area contributed by atoms with E-state index in [9.17, 15) is 19.2 Å². The number of hydrogen-bond donors (Lipinski definition) is 0. The van der Waals surface area contributed by atoms with Crippen LogP contribution < -0.4 is 0 Å². The van der Waals surface area contributed by atoms with Crippen molar-refractivity contribution in [3.63, 3.8) is 0 Å². The molecule has 6 aliphatic heterocycles. The molecule has 0 aliphatic carbocycles. The third-order valence-corrected chi connectivity index (χ3v) is 10.8. The van der Waals surface area contributed by atoms with Crippen molar-refractivity contribution in [2.75, 3.05) is 19.6 Å². The first-order valence-electron chi connectivity index (χ1n) is 15.7. The van der Waals surface area contributed by atoms with Gasteiger partial charge in [-0.15, -0.1) is 0 Å². The Labute approximate surface area is 262 Å². The van der Waals surface area contributed by atoms with E-state index in [1.165, 1.54) is 0 Å². The van der Waals surface area contributed by atoms with Gasteiger partial charge in [0.25, 0.3) is 0 Å². The Hall–Kier alpha value is -3.60. The average molecular weight is 614 g/mol. The van der Waals surface area contributed by atoms with Crippen LogP contribution in [0.4, 0.5) is 0 Å². The van der Waals surface area contributed by atoms with E-state index in [1.54, 1.807) is 32.9 Å². The number of rotatable bonds is 5. The summed E-state index contributed by atoms with van der Waals surface area (Å²) in [6, 6.07) is 5.83. The Balaban J connectivity index is 1.14. The van der Waals surface area contributed by atoms with Gasteiger partial charge >= 0.3 is 198 Å². The number of likely N-dealkylation sites (tertiary alicyclic amines) is 2. The molecule has 0 saturated carbocycles. The first kappa shape index (κ1) is 29.1. The van der Waals surface area contributed by atoms with Crippen LogP contribution in [0.1, 0.15) is 50.5 Å². The fourth-order valence-electron chi connectivity index (χ4n) is 8.33. The maximum absolute atomic E-state index is 14.5. The fraction of sp³-hybridized carbons (Fsp3) is 0.531. The average Bonchev–Trinajstić information content (AvgIpc) is 3.82. The number of carbonyl (C=O) groups is 4. The Bertz CT molecular complexity index is 1510. The predicted octanol–water partition coefficient (Wildman–Crippen LogP) is 2.66. The van der Waals surface area contributed by atoms with Crippen molar-refractivity contribution in [1.82, 2.24) is 19.6 Å². The zero-order valence-corrected chi connectivity index (χ0v) is 25.3. The Morgan fingerprint density at radius 3 is 2.64 bits per heavy atom. The van der Waals surface area contributed by atoms with Gasteiger partial charge in [0.15, 0.2) is 0 Å². The van der Waals surface area contributed by atoms with E-state index < -0.39 is 23.5 Å². The second kappa shape index (κ2) is 11.4. The number of carbonyl (C=O) groups excluding carboxylic acids is 4. The van der Waals surface area contributed by atoms with Gasteiger partial charge in [-0.25, -0.2) is 0 Å². The summed E-state index contributed by atoms with van der Waals surface area (Å²) in [6.07, 6.45) is 13.1. The molecule has 1 radical (unpaired) electrons. The molecule has 227 valence electrons. The van der Waals surface area contributed by atoms with Gasteiger partial charge in [0, 0.05) is 12.5 Å². The molecule has 0 unspecified atom stereocenters. The Morgan fingerprint density at radius 2 is 1.82 bits per heavy atom. The van der Waals surface area contributed by atoms with Crippen LogP contribution in [-0.2, 0) is 25.6 Å². The molecule has 44 heavy (non-hydrogen) atoms. The monoisotopic (exact) mass is 613 g/mol. The summed E-state index contributed by atoms with van der Waals surface area (Å²) in [4.78, 5) is 63.4. The van der Waals surface area contributed by atoms with E-state index >= 15 is 0 Å². The van der Waals surface area contributed by atoms with Gasteiger partial charge < -0.3 is 4.90 Å². The van der Waals surface area contributed by atoms with Crippen LogP contribution in [0.15, 0.2) is 58.7 Å². The van der Waals surface area contributed by atoms with Crippen LogP contribution in [0.2, 0.25) is 5.02 Å². The van der Waals surface area contributed by atoms with Gasteiger partial charge in [0.1, 0.15) is 0 Å². The van der Waals surface area contributed by atoms with E-state index in [0.717, 1.165) is 19.3 Å². The van der Waals surface area contributed by atoms with Crippen molar-refractivity contribution in [3.8, 4) is 0 Å². The van der Waals surface area contributed by atoms with E-state index in [1.807, 2.05) is 23.1 Å². The molecule has 0 N–H and O–H groups in total. The third-order valence-electron chi connectivity index (χ3n) is 10.5. The molecular formula is C32H35BClN6O4. The van der Waals surface area contributed by atoms with E-state index in [4.69, 9.17) is 19.2 Å². The Morgan fingerprint density at radius 1 is 0.977 bits per heavy atom. The second-order valence-electron chi connectivity index (χ2n) is 12.7. The summed E-state index contributed by atoms with van der Waals surface area (Å²) in [7, 11) is 5.40. The molecule has 0 bridgehead atoms. The van der Waals surface area contributed by atoms with E-state index in [2.05, 4.69) is 22.3 Å². The molecule has 4 amide bonds. The zero-order valence-electron chi connectivity index (χ0n) is 24.6. The molecule has 6 atom stereocenters. The molecule has 4 saturated heterocycles. The third kappa shape index (κ3) is 4.57. The molecule has 4 fully saturated rings. The minimum absolute atomic E-state index is 0.00993. The molecule has 6 heterocycles. The van der Waals surface area contributed by atoms with Gasteiger partial charge in [-0.1, -0.05) is 12.2 Å². The molecule has 1 aromatic rings. The van der Waals surface area contributed by atoms with Gasteiger partial charge in [0.05, 0.1) is 6.04 Å². The quantitative estimate of drug-likeness (QED) is 0.220. The molecule has 0 aromatic heterocycles. The first-order chi connectivity index (χ1) is 21.3. The van der Waals surface area contributed by atoms with Crippen LogP contribution in [0.5, 0.6) is 0 Å². The molecular weight excluding hydrogens is 579 g/mol. The van der Waals surface area contributed by atoms with Crippen molar-refractivity contribution >= 4 is 48.6 Å². The molecule has 1 aromatic carbocycles. The summed E-state index contributed by atoms with van der Waals surface area (Å²) in [6.45, 7) is 1.56. The SMILES string of the molecule is [B]=N/N=C(/Cc1ccccc1Cl)C(=O)N1CCC[C@]12C=C[C@@H]1CC[C@@H](C(=O)N3CC[C@@H]4C=C[C@H]5CCCN5C(=O)[C@H]43)N1C2=O. The molecule has 6 aliphatic rings. The molecule has 12 heteroatoms. The van der Waals surface area contributed by atoms with E-state index in [-0.39, 0.29) is 47.9 Å². The number of amides is 4. The number of fused-ring (bicyclic) bond motifs is 3. The van der Waals surface area contributed by atoms with Crippen molar-refractivity contribution in [1.29, 1.82) is 0 Å². The summed E-state index contributed by atoms with van der Waals surface area (Å²) < 4.78 is 0. The molecule has 7 rings (SSSR count). The van der Waals surface area contributed by atoms with Crippen LogP contribution in [0.25, 0.3) is 0 Å². The zero-order chi connectivity index (χ0) is 30.6. The summed E-state index contributed by atoms with van der Waals surface area (Å²) in [5, 5.41) is 7.86. The van der Waals surface area contributed by atoms with Crippen molar-refractivity contribution in [3.05, 3.63) is 59.2 Å². The summed E-state index contributed by atoms with van der Waals surface area (Å²) >= 11 is 6.37. The van der Waals surface area contributed by atoms with Crippen LogP contribution in [0.3, 0.4) is 0 Å². The van der Waals surface area contributed by atoms with Crippen LogP contribution in [0, 0.1) is 5.92 Å². The minimum atomic E-state index is -1.23. The topological polar surface area (TPSA) is 106 Å². The van der Waals surface area contributed by atoms with E-state index in [0.29, 0.717) is 55.9 Å². The Kier molecular flexibility index (Phi) is 7.55. The number of benzene rings is 1. The molecule has 1 spiro atoms.